The van der Waals surface area contributed by atoms with Gasteiger partial charge in [-0.25, -0.2) is 0 Å². The average molecular weight is 289 g/mol. The highest BCUT2D eigenvalue weighted by molar-refractivity contribution is 7.99. The van der Waals surface area contributed by atoms with Gasteiger partial charge >= 0.3 is 0 Å². The van der Waals surface area contributed by atoms with Crippen molar-refractivity contribution in [1.82, 2.24) is 15.1 Å². The fourth-order valence-electron chi connectivity index (χ4n) is 2.73. The maximum absolute atomic E-state index is 12.3. The lowest BCUT2D eigenvalue weighted by Gasteiger charge is -2.31. The number of fused-ring (bicyclic) bond motifs is 1. The van der Waals surface area contributed by atoms with Crippen molar-refractivity contribution in [2.75, 3.05) is 19.3 Å². The molecule has 1 saturated heterocycles. The maximum Gasteiger partial charge on any atom is 0.226 e. The van der Waals surface area contributed by atoms with E-state index >= 15 is 0 Å². The summed E-state index contributed by atoms with van der Waals surface area (Å²) in [6.45, 7) is 1.80. The smallest absolute Gasteiger partial charge is 0.226 e. The summed E-state index contributed by atoms with van der Waals surface area (Å²) in [5, 5.41) is 8.72. The van der Waals surface area contributed by atoms with Gasteiger partial charge in [0.05, 0.1) is 18.1 Å². The number of thioether (sulfide) groups is 1. The lowest BCUT2D eigenvalue weighted by atomic mass is 10.1. The number of likely N-dealkylation sites (tertiary alicyclic amines) is 1. The predicted molar refractivity (Wildman–Crippen MR) is 82.9 cm³/mol. The van der Waals surface area contributed by atoms with E-state index in [1.807, 2.05) is 34.9 Å². The SMILES string of the molecule is CSC1CCN(C(=O)Cc2ccc3[nH]ncc3c2)CC1. The zero-order valence-electron chi connectivity index (χ0n) is 11.6. The van der Waals surface area contributed by atoms with Crippen molar-refractivity contribution in [2.24, 2.45) is 0 Å². The van der Waals surface area contributed by atoms with Crippen LogP contribution < -0.4 is 0 Å². The van der Waals surface area contributed by atoms with Gasteiger partial charge in [-0.1, -0.05) is 6.07 Å². The van der Waals surface area contributed by atoms with E-state index in [-0.39, 0.29) is 5.91 Å². The molecule has 5 heteroatoms. The van der Waals surface area contributed by atoms with Crippen LogP contribution in [0.2, 0.25) is 0 Å². The molecule has 0 aliphatic carbocycles. The van der Waals surface area contributed by atoms with Gasteiger partial charge < -0.3 is 4.90 Å². The Labute approximate surface area is 122 Å². The molecule has 1 aromatic carbocycles. The van der Waals surface area contributed by atoms with E-state index in [0.717, 1.165) is 47.6 Å². The van der Waals surface area contributed by atoms with Crippen molar-refractivity contribution < 1.29 is 4.79 Å². The summed E-state index contributed by atoms with van der Waals surface area (Å²) in [6, 6.07) is 6.04. The summed E-state index contributed by atoms with van der Waals surface area (Å²) >= 11 is 1.92. The average Bonchev–Trinajstić information content (AvgIpc) is 2.95. The first-order valence-electron chi connectivity index (χ1n) is 6.99. The molecule has 4 nitrogen and oxygen atoms in total. The molecular formula is C15H19N3OS. The van der Waals surface area contributed by atoms with Crippen LogP contribution in [-0.4, -0.2) is 45.6 Å². The molecule has 1 aliphatic heterocycles. The maximum atomic E-state index is 12.3. The van der Waals surface area contributed by atoms with Crippen LogP contribution in [0.25, 0.3) is 10.9 Å². The van der Waals surface area contributed by atoms with Gasteiger partial charge in [0.25, 0.3) is 0 Å². The molecule has 0 radical (unpaired) electrons. The van der Waals surface area contributed by atoms with Crippen molar-refractivity contribution in [2.45, 2.75) is 24.5 Å². The molecule has 2 heterocycles. The van der Waals surface area contributed by atoms with Crippen LogP contribution in [-0.2, 0) is 11.2 Å². The first kappa shape index (κ1) is 13.5. The fraction of sp³-hybridized carbons (Fsp3) is 0.467. The molecule has 1 aliphatic rings. The quantitative estimate of drug-likeness (QED) is 0.944. The number of nitrogens with zero attached hydrogens (tertiary/aromatic N) is 2. The molecule has 1 amide bonds. The third-order valence-corrected chi connectivity index (χ3v) is 5.13. The van der Waals surface area contributed by atoms with Gasteiger partial charge in [0.1, 0.15) is 0 Å². The number of hydrogen-bond donors (Lipinski definition) is 1. The van der Waals surface area contributed by atoms with Gasteiger partial charge in [0.2, 0.25) is 5.91 Å². The summed E-state index contributed by atoms with van der Waals surface area (Å²) in [7, 11) is 0. The summed E-state index contributed by atoms with van der Waals surface area (Å²) in [6.07, 6.45) is 6.68. The molecule has 2 aromatic rings. The number of aromatic nitrogens is 2. The number of benzene rings is 1. The normalized spacial score (nSPS) is 16.8. The molecule has 20 heavy (non-hydrogen) atoms. The van der Waals surface area contributed by atoms with E-state index < -0.39 is 0 Å². The molecule has 1 N–H and O–H groups in total. The summed E-state index contributed by atoms with van der Waals surface area (Å²) in [5.41, 5.74) is 2.08. The number of hydrogen-bond acceptors (Lipinski definition) is 3. The lowest BCUT2D eigenvalue weighted by Crippen LogP contribution is -2.40. The van der Waals surface area contributed by atoms with Crippen LogP contribution >= 0.6 is 11.8 Å². The van der Waals surface area contributed by atoms with Gasteiger partial charge in [0, 0.05) is 23.7 Å². The van der Waals surface area contributed by atoms with E-state index in [9.17, 15) is 4.79 Å². The van der Waals surface area contributed by atoms with E-state index in [4.69, 9.17) is 0 Å². The van der Waals surface area contributed by atoms with E-state index in [2.05, 4.69) is 16.5 Å². The Bertz CT molecular complexity index is 602. The summed E-state index contributed by atoms with van der Waals surface area (Å²) < 4.78 is 0. The van der Waals surface area contributed by atoms with Crippen LogP contribution in [0, 0.1) is 0 Å². The largest absolute Gasteiger partial charge is 0.342 e. The second-order valence-electron chi connectivity index (χ2n) is 5.28. The minimum atomic E-state index is 0.243. The first-order chi connectivity index (χ1) is 9.76. The number of carbonyl (C=O) groups is 1. The molecule has 1 aromatic heterocycles. The Kier molecular flexibility index (Phi) is 3.96. The second-order valence-corrected chi connectivity index (χ2v) is 6.42. The molecule has 0 unspecified atom stereocenters. The fourth-order valence-corrected chi connectivity index (χ4v) is 3.41. The van der Waals surface area contributed by atoms with E-state index in [0.29, 0.717) is 6.42 Å². The van der Waals surface area contributed by atoms with Crippen LogP contribution in [0.4, 0.5) is 0 Å². The second kappa shape index (κ2) is 5.87. The first-order valence-corrected chi connectivity index (χ1v) is 8.27. The van der Waals surface area contributed by atoms with Crippen LogP contribution in [0.5, 0.6) is 0 Å². The Morgan fingerprint density at radius 3 is 3.00 bits per heavy atom. The zero-order chi connectivity index (χ0) is 13.9. The number of nitrogens with one attached hydrogen (secondary N) is 1. The summed E-state index contributed by atoms with van der Waals surface area (Å²) in [5.74, 6) is 0.243. The van der Waals surface area contributed by atoms with Gasteiger partial charge in [-0.05, 0) is 36.8 Å². The molecule has 0 saturated carbocycles. The zero-order valence-corrected chi connectivity index (χ0v) is 12.4. The van der Waals surface area contributed by atoms with Crippen molar-refractivity contribution in [3.63, 3.8) is 0 Å². The Balaban J connectivity index is 1.63. The molecule has 1 fully saturated rings. The van der Waals surface area contributed by atoms with Crippen molar-refractivity contribution >= 4 is 28.6 Å². The Morgan fingerprint density at radius 2 is 2.25 bits per heavy atom. The van der Waals surface area contributed by atoms with Crippen molar-refractivity contribution in [3.05, 3.63) is 30.0 Å². The number of carbonyl (C=O) groups excluding carboxylic acids is 1. The Hall–Kier alpha value is -1.49. The highest BCUT2D eigenvalue weighted by Crippen LogP contribution is 2.21. The topological polar surface area (TPSA) is 49.0 Å². The van der Waals surface area contributed by atoms with Gasteiger partial charge in [-0.3, -0.25) is 9.89 Å². The van der Waals surface area contributed by atoms with Crippen LogP contribution in [0.15, 0.2) is 24.4 Å². The van der Waals surface area contributed by atoms with Gasteiger partial charge in [-0.15, -0.1) is 0 Å². The lowest BCUT2D eigenvalue weighted by molar-refractivity contribution is -0.131. The van der Waals surface area contributed by atoms with Gasteiger partial charge in [0.15, 0.2) is 0 Å². The van der Waals surface area contributed by atoms with Crippen LogP contribution in [0.1, 0.15) is 18.4 Å². The van der Waals surface area contributed by atoms with E-state index in [1.54, 1.807) is 6.20 Å². The van der Waals surface area contributed by atoms with Crippen molar-refractivity contribution in [1.29, 1.82) is 0 Å². The number of piperidine rings is 1. The Morgan fingerprint density at radius 1 is 1.45 bits per heavy atom. The minimum absolute atomic E-state index is 0.243. The van der Waals surface area contributed by atoms with E-state index in [1.165, 1.54) is 0 Å². The molecule has 0 spiro atoms. The highest BCUT2D eigenvalue weighted by Gasteiger charge is 2.22. The molecule has 106 valence electrons. The number of H-pyrrole nitrogens is 1. The molecule has 0 atom stereocenters. The number of rotatable bonds is 3. The third-order valence-electron chi connectivity index (χ3n) is 3.99. The van der Waals surface area contributed by atoms with Crippen LogP contribution in [0.3, 0.4) is 0 Å². The standard InChI is InChI=1S/C15H19N3OS/c1-20-13-4-6-18(7-5-13)15(19)9-11-2-3-14-12(8-11)10-16-17-14/h2-3,8,10,13H,4-7,9H2,1H3,(H,16,17). The number of aromatic amines is 1. The summed E-state index contributed by atoms with van der Waals surface area (Å²) in [4.78, 5) is 14.3. The third kappa shape index (κ3) is 2.82. The molecule has 0 bridgehead atoms. The van der Waals surface area contributed by atoms with Gasteiger partial charge in [-0.2, -0.15) is 16.9 Å². The monoisotopic (exact) mass is 289 g/mol. The minimum Gasteiger partial charge on any atom is -0.342 e. The predicted octanol–water partition coefficient (Wildman–Crippen LogP) is 2.46. The highest BCUT2D eigenvalue weighted by atomic mass is 32.2. The molecular weight excluding hydrogens is 270 g/mol. The molecule has 3 rings (SSSR count). The number of amides is 1. The van der Waals surface area contributed by atoms with Crippen molar-refractivity contribution in [3.8, 4) is 0 Å².